The molecule has 2 nitrogen and oxygen atoms in total. The van der Waals surface area contributed by atoms with Crippen molar-refractivity contribution in [3.05, 3.63) is 29.8 Å². The van der Waals surface area contributed by atoms with Crippen LogP contribution in [-0.4, -0.2) is 12.6 Å². The van der Waals surface area contributed by atoms with Gasteiger partial charge < -0.3 is 10.1 Å². The number of benzene rings is 1. The monoisotopic (exact) mass is 261 g/mol. The summed E-state index contributed by atoms with van der Waals surface area (Å²) in [5.74, 6) is 1.71. The minimum Gasteiger partial charge on any atom is -0.490 e. The first-order valence-electron chi connectivity index (χ1n) is 7.65. The van der Waals surface area contributed by atoms with Crippen LogP contribution in [0.5, 0.6) is 5.75 Å². The van der Waals surface area contributed by atoms with Gasteiger partial charge in [-0.25, -0.2) is 0 Å². The second-order valence-electron chi connectivity index (χ2n) is 6.12. The van der Waals surface area contributed by atoms with Crippen molar-refractivity contribution in [3.63, 3.8) is 0 Å². The molecule has 0 aromatic heterocycles. The van der Waals surface area contributed by atoms with Gasteiger partial charge in [0.05, 0.1) is 6.10 Å². The molecule has 0 radical (unpaired) electrons. The van der Waals surface area contributed by atoms with E-state index in [1.165, 1.54) is 31.2 Å². The Morgan fingerprint density at radius 1 is 1.21 bits per heavy atom. The van der Waals surface area contributed by atoms with Crippen molar-refractivity contribution < 1.29 is 4.74 Å². The molecule has 0 unspecified atom stereocenters. The maximum absolute atomic E-state index is 6.06. The summed E-state index contributed by atoms with van der Waals surface area (Å²) in [6.45, 7) is 7.74. The minimum absolute atomic E-state index is 0.384. The molecule has 0 bridgehead atoms. The molecule has 1 N–H and O–H groups in total. The molecule has 1 aromatic carbocycles. The fourth-order valence-corrected chi connectivity index (χ4v) is 2.59. The summed E-state index contributed by atoms with van der Waals surface area (Å²) in [7, 11) is 0. The largest absolute Gasteiger partial charge is 0.490 e. The molecule has 0 spiro atoms. The predicted molar refractivity (Wildman–Crippen MR) is 80.6 cm³/mol. The molecule has 1 aliphatic rings. The predicted octanol–water partition coefficient (Wildman–Crippen LogP) is 4.31. The highest BCUT2D eigenvalue weighted by molar-refractivity contribution is 5.30. The van der Waals surface area contributed by atoms with Crippen molar-refractivity contribution in [2.75, 3.05) is 6.54 Å². The third-order valence-electron chi connectivity index (χ3n) is 3.80. The fourth-order valence-electron chi connectivity index (χ4n) is 2.59. The van der Waals surface area contributed by atoms with Gasteiger partial charge >= 0.3 is 0 Å². The molecule has 1 fully saturated rings. The zero-order chi connectivity index (χ0) is 13.7. The summed E-state index contributed by atoms with van der Waals surface area (Å²) in [4.78, 5) is 0. The van der Waals surface area contributed by atoms with E-state index in [1.54, 1.807) is 0 Å². The van der Waals surface area contributed by atoms with Crippen molar-refractivity contribution in [2.24, 2.45) is 5.92 Å². The quantitative estimate of drug-likeness (QED) is 0.823. The molecule has 0 saturated heterocycles. The summed E-state index contributed by atoms with van der Waals surface area (Å²) in [6.07, 6.45) is 5.50. The van der Waals surface area contributed by atoms with Crippen LogP contribution < -0.4 is 10.1 Å². The molecule has 106 valence electrons. The number of rotatable bonds is 6. The summed E-state index contributed by atoms with van der Waals surface area (Å²) < 4.78 is 6.06. The smallest absolute Gasteiger partial charge is 0.120 e. The third kappa shape index (κ3) is 4.54. The highest BCUT2D eigenvalue weighted by Gasteiger charge is 2.16. The van der Waals surface area contributed by atoms with Gasteiger partial charge in [-0.05, 0) is 62.8 Å². The van der Waals surface area contributed by atoms with Crippen LogP contribution in [0.4, 0.5) is 0 Å². The first-order chi connectivity index (χ1) is 9.15. The molecule has 0 heterocycles. The Balaban J connectivity index is 1.93. The van der Waals surface area contributed by atoms with E-state index in [1.807, 2.05) is 0 Å². The maximum Gasteiger partial charge on any atom is 0.120 e. The topological polar surface area (TPSA) is 21.3 Å². The molecule has 1 saturated carbocycles. The Labute approximate surface area is 117 Å². The zero-order valence-electron chi connectivity index (χ0n) is 12.5. The highest BCUT2D eigenvalue weighted by atomic mass is 16.5. The number of ether oxygens (including phenoxy) is 1. The van der Waals surface area contributed by atoms with E-state index in [2.05, 4.69) is 50.4 Å². The van der Waals surface area contributed by atoms with E-state index in [-0.39, 0.29) is 0 Å². The second-order valence-corrected chi connectivity index (χ2v) is 6.12. The Kier molecular flexibility index (Phi) is 5.26. The van der Waals surface area contributed by atoms with Crippen LogP contribution in [0.15, 0.2) is 24.3 Å². The van der Waals surface area contributed by atoms with Crippen LogP contribution in [0.1, 0.15) is 58.1 Å². The molecule has 2 heteroatoms. The van der Waals surface area contributed by atoms with Crippen LogP contribution >= 0.6 is 0 Å². The van der Waals surface area contributed by atoms with Gasteiger partial charge in [-0.15, -0.1) is 0 Å². The lowest BCUT2D eigenvalue weighted by atomic mass is 10.1. The number of nitrogens with one attached hydrogen (secondary N) is 1. The van der Waals surface area contributed by atoms with Crippen molar-refractivity contribution >= 4 is 0 Å². The fraction of sp³-hybridized carbons (Fsp3) is 0.647. The Morgan fingerprint density at radius 3 is 2.63 bits per heavy atom. The summed E-state index contributed by atoms with van der Waals surface area (Å²) in [5, 5.41) is 3.56. The second kappa shape index (κ2) is 6.95. The van der Waals surface area contributed by atoms with Crippen LogP contribution in [0.3, 0.4) is 0 Å². The molecule has 0 aliphatic heterocycles. The Bertz CT molecular complexity index is 383. The molecule has 1 aromatic rings. The maximum atomic E-state index is 6.06. The van der Waals surface area contributed by atoms with Gasteiger partial charge in [0.1, 0.15) is 5.75 Å². The van der Waals surface area contributed by atoms with Crippen molar-refractivity contribution in [3.8, 4) is 5.75 Å². The van der Waals surface area contributed by atoms with Crippen LogP contribution in [0, 0.1) is 5.92 Å². The molecule has 1 aliphatic carbocycles. The highest BCUT2D eigenvalue weighted by Crippen LogP contribution is 2.26. The Hall–Kier alpha value is -1.02. The number of hydrogen-bond acceptors (Lipinski definition) is 2. The van der Waals surface area contributed by atoms with E-state index in [0.717, 1.165) is 12.3 Å². The lowest BCUT2D eigenvalue weighted by molar-refractivity contribution is 0.209. The van der Waals surface area contributed by atoms with E-state index in [4.69, 9.17) is 4.74 Å². The molecule has 19 heavy (non-hydrogen) atoms. The van der Waals surface area contributed by atoms with Gasteiger partial charge in [-0.1, -0.05) is 26.0 Å². The van der Waals surface area contributed by atoms with Gasteiger partial charge in [0.25, 0.3) is 0 Å². The van der Waals surface area contributed by atoms with Gasteiger partial charge in [0, 0.05) is 6.04 Å². The minimum atomic E-state index is 0.384. The van der Waals surface area contributed by atoms with Gasteiger partial charge in [0.2, 0.25) is 0 Å². The average molecular weight is 261 g/mol. The van der Waals surface area contributed by atoms with Crippen molar-refractivity contribution in [2.45, 2.75) is 58.6 Å². The van der Waals surface area contributed by atoms with E-state index < -0.39 is 0 Å². The van der Waals surface area contributed by atoms with Gasteiger partial charge in [-0.3, -0.25) is 0 Å². The standard InChI is InChI=1S/C17H27NO/c1-13(2)12-18-14(3)15-7-6-10-17(11-15)19-16-8-4-5-9-16/h6-7,10-11,13-14,16,18H,4-5,8-9,12H2,1-3H3/t14-/m1/s1. The first-order valence-corrected chi connectivity index (χ1v) is 7.65. The summed E-state index contributed by atoms with van der Waals surface area (Å²) in [5.41, 5.74) is 1.32. The molecule has 0 amide bonds. The van der Waals surface area contributed by atoms with Crippen LogP contribution in [0.2, 0.25) is 0 Å². The Morgan fingerprint density at radius 2 is 1.95 bits per heavy atom. The molecular formula is C17H27NO. The summed E-state index contributed by atoms with van der Waals surface area (Å²) in [6, 6.07) is 8.94. The van der Waals surface area contributed by atoms with Crippen LogP contribution in [-0.2, 0) is 0 Å². The zero-order valence-corrected chi connectivity index (χ0v) is 12.5. The normalized spacial score (nSPS) is 17.9. The van der Waals surface area contributed by atoms with Gasteiger partial charge in [0.15, 0.2) is 0 Å². The SMILES string of the molecule is CC(C)CN[C@H](C)c1cccc(OC2CCCC2)c1. The van der Waals surface area contributed by atoms with E-state index in [0.29, 0.717) is 18.1 Å². The molecular weight excluding hydrogens is 234 g/mol. The van der Waals surface area contributed by atoms with Gasteiger partial charge in [-0.2, -0.15) is 0 Å². The van der Waals surface area contributed by atoms with Crippen LogP contribution in [0.25, 0.3) is 0 Å². The number of hydrogen-bond donors (Lipinski definition) is 1. The van der Waals surface area contributed by atoms with E-state index >= 15 is 0 Å². The third-order valence-corrected chi connectivity index (χ3v) is 3.80. The first kappa shape index (κ1) is 14.4. The molecule has 1 atom stereocenters. The lowest BCUT2D eigenvalue weighted by Gasteiger charge is -2.18. The van der Waals surface area contributed by atoms with Crippen molar-refractivity contribution in [1.82, 2.24) is 5.32 Å². The molecule has 2 rings (SSSR count). The average Bonchev–Trinajstić information content (AvgIpc) is 2.89. The van der Waals surface area contributed by atoms with Crippen molar-refractivity contribution in [1.29, 1.82) is 0 Å². The summed E-state index contributed by atoms with van der Waals surface area (Å²) >= 11 is 0. The lowest BCUT2D eigenvalue weighted by Crippen LogP contribution is -2.23. The van der Waals surface area contributed by atoms with E-state index in [9.17, 15) is 0 Å².